The molecule has 1 aliphatic heterocycles. The van der Waals surface area contributed by atoms with E-state index in [1.54, 1.807) is 6.20 Å². The first-order valence-corrected chi connectivity index (χ1v) is 6.42. The van der Waals surface area contributed by atoms with Crippen LogP contribution in [0.5, 0.6) is 0 Å². The van der Waals surface area contributed by atoms with Crippen LogP contribution in [0.3, 0.4) is 0 Å². The molecule has 0 unspecified atom stereocenters. The van der Waals surface area contributed by atoms with Crippen molar-refractivity contribution in [3.8, 4) is 0 Å². The van der Waals surface area contributed by atoms with Gasteiger partial charge in [0.1, 0.15) is 0 Å². The maximum absolute atomic E-state index is 10.6. The Bertz CT molecular complexity index is 346. The van der Waals surface area contributed by atoms with Crippen molar-refractivity contribution in [2.24, 2.45) is 0 Å². The van der Waals surface area contributed by atoms with Gasteiger partial charge in [-0.25, -0.2) is 4.98 Å². The van der Waals surface area contributed by atoms with E-state index in [4.69, 9.17) is 4.74 Å². The van der Waals surface area contributed by atoms with E-state index >= 15 is 0 Å². The van der Waals surface area contributed by atoms with Gasteiger partial charge in [-0.1, -0.05) is 11.3 Å². The normalized spacial score (nSPS) is 17.7. The van der Waals surface area contributed by atoms with Crippen molar-refractivity contribution in [3.63, 3.8) is 0 Å². The molecule has 2 rings (SSSR count). The van der Waals surface area contributed by atoms with E-state index < -0.39 is 0 Å². The quantitative estimate of drug-likeness (QED) is 0.755. The van der Waals surface area contributed by atoms with E-state index in [2.05, 4.69) is 9.88 Å². The second-order valence-electron chi connectivity index (χ2n) is 3.80. The van der Waals surface area contributed by atoms with Gasteiger partial charge < -0.3 is 9.64 Å². The number of hydrogen-bond acceptors (Lipinski definition) is 5. The largest absolute Gasteiger partial charge is 0.378 e. The van der Waals surface area contributed by atoms with Gasteiger partial charge in [0.25, 0.3) is 0 Å². The van der Waals surface area contributed by atoms with Crippen molar-refractivity contribution in [3.05, 3.63) is 11.1 Å². The number of anilines is 1. The highest BCUT2D eigenvalue weighted by molar-refractivity contribution is 7.17. The van der Waals surface area contributed by atoms with Crippen molar-refractivity contribution in [1.82, 2.24) is 4.98 Å². The summed E-state index contributed by atoms with van der Waals surface area (Å²) >= 11 is 1.46. The van der Waals surface area contributed by atoms with E-state index in [-0.39, 0.29) is 0 Å². The highest BCUT2D eigenvalue weighted by atomic mass is 32.1. The lowest BCUT2D eigenvalue weighted by atomic mass is 10.1. The van der Waals surface area contributed by atoms with E-state index in [0.29, 0.717) is 11.0 Å². The van der Waals surface area contributed by atoms with Crippen LogP contribution in [0.4, 0.5) is 5.13 Å². The fraction of sp³-hybridized carbons (Fsp3) is 0.636. The molecule has 16 heavy (non-hydrogen) atoms. The fourth-order valence-electron chi connectivity index (χ4n) is 1.93. The number of thiazole rings is 1. The Morgan fingerprint density at radius 2 is 2.38 bits per heavy atom. The van der Waals surface area contributed by atoms with E-state index in [0.717, 1.165) is 44.0 Å². The predicted octanol–water partition coefficient (Wildman–Crippen LogP) is 1.96. The molecule has 0 spiro atoms. The molecule has 0 atom stereocenters. The van der Waals surface area contributed by atoms with E-state index in [1.807, 2.05) is 6.92 Å². The Balaban J connectivity index is 1.91. The first-order chi connectivity index (χ1) is 7.83. The van der Waals surface area contributed by atoms with Gasteiger partial charge in [-0.3, -0.25) is 4.79 Å². The molecule has 0 bridgehead atoms. The molecular formula is C11H16N2O2S. The zero-order chi connectivity index (χ0) is 11.4. The van der Waals surface area contributed by atoms with Crippen LogP contribution in [0.1, 0.15) is 29.4 Å². The maximum Gasteiger partial charge on any atom is 0.185 e. The van der Waals surface area contributed by atoms with Gasteiger partial charge in [0.15, 0.2) is 11.4 Å². The van der Waals surface area contributed by atoms with Gasteiger partial charge in [-0.05, 0) is 19.8 Å². The van der Waals surface area contributed by atoms with Gasteiger partial charge in [-0.15, -0.1) is 0 Å². The minimum atomic E-state index is 0.395. The lowest BCUT2D eigenvalue weighted by Gasteiger charge is -2.31. The van der Waals surface area contributed by atoms with Crippen molar-refractivity contribution in [2.75, 3.05) is 24.6 Å². The smallest absolute Gasteiger partial charge is 0.185 e. The number of carbonyl (C=O) groups excluding carboxylic acids is 1. The molecule has 0 amide bonds. The zero-order valence-corrected chi connectivity index (χ0v) is 10.2. The molecule has 0 radical (unpaired) electrons. The van der Waals surface area contributed by atoms with Crippen LogP contribution in [0.25, 0.3) is 0 Å². The topological polar surface area (TPSA) is 42.4 Å². The second kappa shape index (κ2) is 5.41. The minimum Gasteiger partial charge on any atom is -0.378 e. The van der Waals surface area contributed by atoms with Crippen molar-refractivity contribution >= 4 is 22.8 Å². The molecule has 1 aromatic heterocycles. The van der Waals surface area contributed by atoms with Crippen LogP contribution in [-0.2, 0) is 4.74 Å². The van der Waals surface area contributed by atoms with E-state index in [9.17, 15) is 4.79 Å². The summed E-state index contributed by atoms with van der Waals surface area (Å²) in [5.41, 5.74) is 0. The monoisotopic (exact) mass is 240 g/mol. The van der Waals surface area contributed by atoms with Gasteiger partial charge in [-0.2, -0.15) is 0 Å². The van der Waals surface area contributed by atoms with Gasteiger partial charge in [0, 0.05) is 19.7 Å². The SMILES string of the molecule is CCOC1CCN(c2ncc(C=O)s2)CC1. The molecule has 0 aliphatic carbocycles. The third-order valence-electron chi connectivity index (χ3n) is 2.74. The highest BCUT2D eigenvalue weighted by Gasteiger charge is 2.21. The molecule has 1 aliphatic rings. The van der Waals surface area contributed by atoms with Crippen LogP contribution >= 0.6 is 11.3 Å². The number of carbonyl (C=O) groups is 1. The summed E-state index contributed by atoms with van der Waals surface area (Å²) in [6.07, 6.45) is 4.98. The third-order valence-corrected chi connectivity index (χ3v) is 3.73. The fourth-order valence-corrected chi connectivity index (χ4v) is 2.71. The molecule has 5 heteroatoms. The molecule has 0 aromatic carbocycles. The summed E-state index contributed by atoms with van der Waals surface area (Å²) in [7, 11) is 0. The Labute approximate surface area is 99.2 Å². The summed E-state index contributed by atoms with van der Waals surface area (Å²) in [6, 6.07) is 0. The van der Waals surface area contributed by atoms with Crippen molar-refractivity contribution in [2.45, 2.75) is 25.9 Å². The molecular weight excluding hydrogens is 224 g/mol. The number of nitrogens with zero attached hydrogens (tertiary/aromatic N) is 2. The number of aromatic nitrogens is 1. The molecule has 2 heterocycles. The summed E-state index contributed by atoms with van der Waals surface area (Å²) in [4.78, 5) is 17.8. The minimum absolute atomic E-state index is 0.395. The Morgan fingerprint density at radius 3 is 2.94 bits per heavy atom. The van der Waals surface area contributed by atoms with Crippen LogP contribution in [0.15, 0.2) is 6.20 Å². The van der Waals surface area contributed by atoms with Crippen LogP contribution in [-0.4, -0.2) is 37.1 Å². The van der Waals surface area contributed by atoms with Gasteiger partial charge in [0.2, 0.25) is 0 Å². The Kier molecular flexibility index (Phi) is 3.90. The summed E-state index contributed by atoms with van der Waals surface area (Å²) in [5.74, 6) is 0. The van der Waals surface area contributed by atoms with Gasteiger partial charge in [0.05, 0.1) is 17.2 Å². The average molecular weight is 240 g/mol. The molecule has 1 fully saturated rings. The number of aldehydes is 1. The molecule has 1 aromatic rings. The number of hydrogen-bond donors (Lipinski definition) is 0. The first-order valence-electron chi connectivity index (χ1n) is 5.61. The predicted molar refractivity (Wildman–Crippen MR) is 64.4 cm³/mol. The first kappa shape index (κ1) is 11.5. The van der Waals surface area contributed by atoms with Crippen LogP contribution in [0.2, 0.25) is 0 Å². The van der Waals surface area contributed by atoms with Crippen molar-refractivity contribution < 1.29 is 9.53 Å². The maximum atomic E-state index is 10.6. The Morgan fingerprint density at radius 1 is 1.62 bits per heavy atom. The Hall–Kier alpha value is -0.940. The standard InChI is InChI=1S/C11H16N2O2S/c1-2-15-9-3-5-13(6-4-9)11-12-7-10(8-14)16-11/h7-9H,2-6H2,1H3. The summed E-state index contributed by atoms with van der Waals surface area (Å²) in [6.45, 7) is 4.76. The average Bonchev–Trinajstić information content (AvgIpc) is 2.79. The summed E-state index contributed by atoms with van der Waals surface area (Å²) < 4.78 is 5.59. The van der Waals surface area contributed by atoms with Gasteiger partial charge >= 0.3 is 0 Å². The zero-order valence-electron chi connectivity index (χ0n) is 9.39. The lowest BCUT2D eigenvalue weighted by molar-refractivity contribution is 0.0459. The molecule has 0 saturated carbocycles. The number of rotatable bonds is 4. The molecule has 1 saturated heterocycles. The van der Waals surface area contributed by atoms with Crippen LogP contribution in [0, 0.1) is 0 Å². The molecule has 0 N–H and O–H groups in total. The number of ether oxygens (including phenoxy) is 1. The van der Waals surface area contributed by atoms with Crippen molar-refractivity contribution in [1.29, 1.82) is 0 Å². The van der Waals surface area contributed by atoms with Crippen LogP contribution < -0.4 is 4.90 Å². The molecule has 4 nitrogen and oxygen atoms in total. The number of piperidine rings is 1. The summed E-state index contributed by atoms with van der Waals surface area (Å²) in [5, 5.41) is 0.956. The van der Waals surface area contributed by atoms with E-state index in [1.165, 1.54) is 11.3 Å². The second-order valence-corrected chi connectivity index (χ2v) is 4.85. The third kappa shape index (κ3) is 2.59. The lowest BCUT2D eigenvalue weighted by Crippen LogP contribution is -2.36. The molecule has 88 valence electrons. The highest BCUT2D eigenvalue weighted by Crippen LogP contribution is 2.25.